The summed E-state index contributed by atoms with van der Waals surface area (Å²) in [6.07, 6.45) is 0. The predicted molar refractivity (Wildman–Crippen MR) is 240 cm³/mol. The maximum Gasteiger partial charge on any atom is 0.0788 e. The molecule has 0 aliphatic rings. The van der Waals surface area contributed by atoms with Gasteiger partial charge in [-0.2, -0.15) is 0 Å². The van der Waals surface area contributed by atoms with Crippen LogP contribution in [0.15, 0.2) is 188 Å². The SMILES string of the molecule is Cc1ccc(-c2ccc3c(c2)c(-c2ccc4ccccc4c2)cc2cc4cc(-c5ccc6ccccc6c5)c5cc(-c6ccc(C)cc6)ccc5c4nc23)cc1. The quantitative estimate of drug-likeness (QED) is 0.131. The van der Waals surface area contributed by atoms with E-state index in [1.54, 1.807) is 0 Å². The number of benzene rings is 10. The third kappa shape index (κ3) is 5.43. The minimum atomic E-state index is 1.02. The summed E-state index contributed by atoms with van der Waals surface area (Å²) in [4.78, 5) is 5.63. The van der Waals surface area contributed by atoms with Gasteiger partial charge in [-0.05, 0) is 133 Å². The molecule has 11 rings (SSSR count). The van der Waals surface area contributed by atoms with Crippen molar-refractivity contribution in [2.45, 2.75) is 13.8 Å². The topological polar surface area (TPSA) is 12.9 Å². The van der Waals surface area contributed by atoms with Gasteiger partial charge in [0.2, 0.25) is 0 Å². The van der Waals surface area contributed by atoms with Gasteiger partial charge in [0.25, 0.3) is 0 Å². The summed E-state index contributed by atoms with van der Waals surface area (Å²) in [7, 11) is 0. The molecule has 0 bridgehead atoms. The first kappa shape index (κ1) is 32.3. The number of fused-ring (bicyclic) bond motifs is 8. The number of hydrogen-bond acceptors (Lipinski definition) is 1. The molecule has 0 aliphatic carbocycles. The molecule has 1 heterocycles. The summed E-state index contributed by atoms with van der Waals surface area (Å²) in [6, 6.07) is 69.6. The Morgan fingerprint density at radius 2 is 0.661 bits per heavy atom. The van der Waals surface area contributed by atoms with Crippen molar-refractivity contribution in [2.75, 3.05) is 0 Å². The lowest BCUT2D eigenvalue weighted by atomic mass is 9.89. The van der Waals surface area contributed by atoms with E-state index >= 15 is 0 Å². The summed E-state index contributed by atoms with van der Waals surface area (Å²) < 4.78 is 0. The number of hydrogen-bond donors (Lipinski definition) is 0. The van der Waals surface area contributed by atoms with Crippen LogP contribution in [0.2, 0.25) is 0 Å². The van der Waals surface area contributed by atoms with Crippen LogP contribution < -0.4 is 0 Å². The van der Waals surface area contributed by atoms with Crippen LogP contribution >= 0.6 is 0 Å². The Morgan fingerprint density at radius 3 is 1.11 bits per heavy atom. The van der Waals surface area contributed by atoms with E-state index in [1.807, 2.05) is 0 Å². The second-order valence-corrected chi connectivity index (χ2v) is 15.4. The van der Waals surface area contributed by atoms with E-state index < -0.39 is 0 Å². The average molecular weight is 712 g/mol. The second-order valence-electron chi connectivity index (χ2n) is 15.4. The molecule has 0 amide bonds. The number of aromatic nitrogens is 1. The van der Waals surface area contributed by atoms with Crippen molar-refractivity contribution >= 4 is 64.9 Å². The van der Waals surface area contributed by atoms with E-state index in [9.17, 15) is 0 Å². The monoisotopic (exact) mass is 711 g/mol. The zero-order valence-electron chi connectivity index (χ0n) is 31.3. The van der Waals surface area contributed by atoms with Crippen molar-refractivity contribution < 1.29 is 0 Å². The minimum Gasteiger partial charge on any atom is -0.246 e. The highest BCUT2D eigenvalue weighted by atomic mass is 14.7. The summed E-state index contributed by atoms with van der Waals surface area (Å²) in [5.41, 5.74) is 14.2. The molecular weight excluding hydrogens is 675 g/mol. The van der Waals surface area contributed by atoms with Gasteiger partial charge in [-0.1, -0.05) is 157 Å². The van der Waals surface area contributed by atoms with Gasteiger partial charge in [-0.3, -0.25) is 0 Å². The molecule has 0 radical (unpaired) electrons. The van der Waals surface area contributed by atoms with E-state index in [0.717, 1.165) is 32.6 Å². The molecule has 0 atom stereocenters. The van der Waals surface area contributed by atoms with Crippen LogP contribution in [0.5, 0.6) is 0 Å². The summed E-state index contributed by atoms with van der Waals surface area (Å²) >= 11 is 0. The number of nitrogens with zero attached hydrogens (tertiary/aromatic N) is 1. The third-order valence-electron chi connectivity index (χ3n) is 11.7. The molecule has 0 spiro atoms. The highest BCUT2D eigenvalue weighted by Crippen LogP contribution is 2.42. The van der Waals surface area contributed by atoms with Crippen LogP contribution in [0.1, 0.15) is 11.1 Å². The Hall–Kier alpha value is -7.09. The largest absolute Gasteiger partial charge is 0.246 e. The molecule has 0 N–H and O–H groups in total. The second kappa shape index (κ2) is 12.8. The third-order valence-corrected chi connectivity index (χ3v) is 11.7. The molecule has 0 aliphatic heterocycles. The Balaban J connectivity index is 1.21. The van der Waals surface area contributed by atoms with Crippen molar-refractivity contribution in [3.05, 3.63) is 199 Å². The van der Waals surface area contributed by atoms with Crippen LogP contribution in [-0.4, -0.2) is 4.98 Å². The number of aryl methyl sites for hydroxylation is 2. The van der Waals surface area contributed by atoms with E-state index in [2.05, 4.69) is 202 Å². The number of pyridine rings is 1. The van der Waals surface area contributed by atoms with Gasteiger partial charge >= 0.3 is 0 Å². The summed E-state index contributed by atoms with van der Waals surface area (Å²) in [5, 5.41) is 12.0. The van der Waals surface area contributed by atoms with Gasteiger partial charge in [0, 0.05) is 21.5 Å². The van der Waals surface area contributed by atoms with Crippen molar-refractivity contribution in [2.24, 2.45) is 0 Å². The molecule has 1 aromatic heterocycles. The first-order valence-electron chi connectivity index (χ1n) is 19.4. The normalized spacial score (nSPS) is 11.8. The zero-order chi connectivity index (χ0) is 37.3. The van der Waals surface area contributed by atoms with Gasteiger partial charge in [0.1, 0.15) is 0 Å². The van der Waals surface area contributed by atoms with Gasteiger partial charge < -0.3 is 0 Å². The zero-order valence-corrected chi connectivity index (χ0v) is 31.3. The van der Waals surface area contributed by atoms with Gasteiger partial charge in [-0.25, -0.2) is 4.98 Å². The van der Waals surface area contributed by atoms with Crippen molar-refractivity contribution in [1.29, 1.82) is 0 Å². The lowest BCUT2D eigenvalue weighted by molar-refractivity contribution is 1.47. The molecule has 0 saturated heterocycles. The van der Waals surface area contributed by atoms with E-state index in [-0.39, 0.29) is 0 Å². The van der Waals surface area contributed by atoms with Crippen LogP contribution in [0.25, 0.3) is 109 Å². The lowest BCUT2D eigenvalue weighted by Crippen LogP contribution is -1.92. The Morgan fingerprint density at radius 1 is 0.268 bits per heavy atom. The molecule has 0 unspecified atom stereocenters. The van der Waals surface area contributed by atoms with Crippen LogP contribution in [0.3, 0.4) is 0 Å². The highest BCUT2D eigenvalue weighted by molar-refractivity contribution is 6.20. The van der Waals surface area contributed by atoms with Crippen molar-refractivity contribution in [3.8, 4) is 44.5 Å². The Labute approximate surface area is 326 Å². The summed E-state index contributed by atoms with van der Waals surface area (Å²) in [5.74, 6) is 0. The first-order valence-corrected chi connectivity index (χ1v) is 19.4. The molecule has 262 valence electrons. The molecule has 0 fully saturated rings. The standard InChI is InChI=1S/C55H37N/c1-34-11-15-38(16-12-34)42-23-25-48-52(30-42)50(44-21-19-36-7-3-5-9-40(36)27-44)32-46-29-47-33-51(45-22-20-37-8-4-6-10-41(37)28-45)53-31-43(39-17-13-35(2)14-18-39)24-26-49(53)55(47)56-54(46)48/h3-33H,1-2H3. The molecule has 10 aromatic carbocycles. The van der Waals surface area contributed by atoms with E-state index in [4.69, 9.17) is 4.98 Å². The highest BCUT2D eigenvalue weighted by Gasteiger charge is 2.17. The molecule has 1 nitrogen and oxygen atoms in total. The van der Waals surface area contributed by atoms with Gasteiger partial charge in [0.15, 0.2) is 0 Å². The van der Waals surface area contributed by atoms with Crippen molar-refractivity contribution in [3.63, 3.8) is 0 Å². The van der Waals surface area contributed by atoms with Crippen LogP contribution in [0, 0.1) is 13.8 Å². The molecular formula is C55H37N. The molecule has 0 saturated carbocycles. The smallest absolute Gasteiger partial charge is 0.0788 e. The lowest BCUT2D eigenvalue weighted by Gasteiger charge is -2.16. The fraction of sp³-hybridized carbons (Fsp3) is 0.0364. The maximum atomic E-state index is 5.63. The van der Waals surface area contributed by atoms with Crippen LogP contribution in [-0.2, 0) is 0 Å². The molecule has 11 aromatic rings. The van der Waals surface area contributed by atoms with E-state index in [0.29, 0.717) is 0 Å². The van der Waals surface area contributed by atoms with Gasteiger partial charge in [0.05, 0.1) is 11.0 Å². The average Bonchev–Trinajstić information content (AvgIpc) is 3.25. The van der Waals surface area contributed by atoms with E-state index in [1.165, 1.54) is 88.0 Å². The van der Waals surface area contributed by atoms with Crippen molar-refractivity contribution in [1.82, 2.24) is 4.98 Å². The minimum absolute atomic E-state index is 1.02. The summed E-state index contributed by atoms with van der Waals surface area (Å²) in [6.45, 7) is 4.28. The maximum absolute atomic E-state index is 5.63. The van der Waals surface area contributed by atoms with Crippen LogP contribution in [0.4, 0.5) is 0 Å². The molecule has 56 heavy (non-hydrogen) atoms. The number of rotatable bonds is 4. The predicted octanol–water partition coefficient (Wildman–Crippen LogP) is 15.3. The molecule has 1 heteroatoms. The Bertz CT molecular complexity index is 3130. The van der Waals surface area contributed by atoms with Gasteiger partial charge in [-0.15, -0.1) is 0 Å². The fourth-order valence-electron chi connectivity index (χ4n) is 8.65. The fourth-order valence-corrected chi connectivity index (χ4v) is 8.65. The Kier molecular flexibility index (Phi) is 7.37. The first-order chi connectivity index (χ1) is 27.5.